The monoisotopic (exact) mass is 735 g/mol. The highest BCUT2D eigenvalue weighted by Gasteiger charge is 2.31. The van der Waals surface area contributed by atoms with Crippen molar-refractivity contribution in [3.63, 3.8) is 0 Å². The number of hydrogen-bond donors (Lipinski definition) is 2. The van der Waals surface area contributed by atoms with E-state index in [0.717, 1.165) is 27.8 Å². The number of halogens is 2. The third kappa shape index (κ3) is 9.66. The first kappa shape index (κ1) is 38.1. The largest absolute Gasteiger partial charge is 0.489 e. The molecule has 0 fully saturated rings. The summed E-state index contributed by atoms with van der Waals surface area (Å²) in [5.74, 6) is -1.94. The van der Waals surface area contributed by atoms with Crippen molar-refractivity contribution >= 4 is 12.0 Å². The molecular formula is C43H43F2N3O6. The highest BCUT2D eigenvalue weighted by Crippen LogP contribution is 2.44. The standard InChI is InChI=1S/C43H43F2N3O6/c1-3-51-41(52-4-2)25-38(37-19-12-20-40(45)46-37)47-42(49)39(23-29-21-22-30(24-36(29)44)53-26-28-13-6-5-7-14-28)48-43(50)54-27-35-33-17-10-8-15-31(33)32-16-9-11-18-34(32)35/h5-22,24,35,38-39,41H,3-4,23,25-27H2,1-2H3,(H,47,49)(H,48,50)/t38-,39-/m0/s1. The highest BCUT2D eigenvalue weighted by atomic mass is 19.1. The van der Waals surface area contributed by atoms with E-state index in [-0.39, 0.29) is 43.2 Å². The van der Waals surface area contributed by atoms with Gasteiger partial charge in [-0.15, -0.1) is 0 Å². The second kappa shape index (κ2) is 18.4. The molecular weight excluding hydrogens is 692 g/mol. The molecule has 5 aromatic rings. The van der Waals surface area contributed by atoms with Crippen LogP contribution >= 0.6 is 0 Å². The normalized spacial score (nSPS) is 13.1. The number of rotatable bonds is 17. The Balaban J connectivity index is 1.22. The zero-order chi connectivity index (χ0) is 37.9. The second-order valence-corrected chi connectivity index (χ2v) is 12.8. The first-order valence-electron chi connectivity index (χ1n) is 18.1. The molecule has 280 valence electrons. The van der Waals surface area contributed by atoms with Crippen molar-refractivity contribution in [1.29, 1.82) is 0 Å². The molecule has 1 aliphatic carbocycles. The molecule has 2 N–H and O–H groups in total. The maximum Gasteiger partial charge on any atom is 0.407 e. The quantitative estimate of drug-likeness (QED) is 0.0736. The number of hydrogen-bond acceptors (Lipinski definition) is 7. The van der Waals surface area contributed by atoms with Gasteiger partial charge in [-0.1, -0.05) is 91.0 Å². The fourth-order valence-corrected chi connectivity index (χ4v) is 6.63. The first-order valence-corrected chi connectivity index (χ1v) is 18.1. The van der Waals surface area contributed by atoms with Crippen LogP contribution in [0.25, 0.3) is 11.1 Å². The minimum absolute atomic E-state index is 0.0102. The van der Waals surface area contributed by atoms with Gasteiger partial charge in [0.2, 0.25) is 11.9 Å². The average Bonchev–Trinajstić information content (AvgIpc) is 3.50. The number of aromatic nitrogens is 1. The fraction of sp³-hybridized carbons (Fsp3) is 0.279. The van der Waals surface area contributed by atoms with Crippen molar-refractivity contribution in [3.8, 4) is 16.9 Å². The molecule has 11 heteroatoms. The second-order valence-electron chi connectivity index (χ2n) is 12.8. The summed E-state index contributed by atoms with van der Waals surface area (Å²) >= 11 is 0. The van der Waals surface area contributed by atoms with Gasteiger partial charge < -0.3 is 29.6 Å². The highest BCUT2D eigenvalue weighted by molar-refractivity contribution is 5.86. The molecule has 4 aromatic carbocycles. The van der Waals surface area contributed by atoms with Crippen LogP contribution in [-0.4, -0.2) is 49.1 Å². The van der Waals surface area contributed by atoms with Crippen molar-refractivity contribution in [1.82, 2.24) is 15.6 Å². The van der Waals surface area contributed by atoms with Crippen molar-refractivity contribution in [2.45, 2.75) is 57.6 Å². The number of nitrogens with zero attached hydrogens (tertiary/aromatic N) is 1. The van der Waals surface area contributed by atoms with Gasteiger partial charge in [0.1, 0.15) is 30.8 Å². The van der Waals surface area contributed by atoms with Crippen LogP contribution in [0.5, 0.6) is 5.75 Å². The molecule has 0 saturated heterocycles. The zero-order valence-corrected chi connectivity index (χ0v) is 30.2. The van der Waals surface area contributed by atoms with E-state index in [2.05, 4.69) is 15.6 Å². The molecule has 54 heavy (non-hydrogen) atoms. The molecule has 0 spiro atoms. The van der Waals surface area contributed by atoms with Gasteiger partial charge in [0.05, 0.1) is 11.7 Å². The van der Waals surface area contributed by atoms with Crippen molar-refractivity contribution < 1.29 is 37.3 Å². The molecule has 9 nitrogen and oxygen atoms in total. The van der Waals surface area contributed by atoms with Crippen LogP contribution in [0.1, 0.15) is 60.2 Å². The van der Waals surface area contributed by atoms with E-state index in [9.17, 15) is 14.0 Å². The van der Waals surface area contributed by atoms with Crippen molar-refractivity contribution in [2.24, 2.45) is 0 Å². The lowest BCUT2D eigenvalue weighted by Crippen LogP contribution is -2.49. The molecule has 2 atom stereocenters. The van der Waals surface area contributed by atoms with E-state index in [1.807, 2.05) is 78.9 Å². The van der Waals surface area contributed by atoms with Gasteiger partial charge in [-0.25, -0.2) is 14.2 Å². The van der Waals surface area contributed by atoms with Crippen molar-refractivity contribution in [3.05, 3.63) is 155 Å². The third-order valence-corrected chi connectivity index (χ3v) is 9.19. The number of ether oxygens (including phenoxy) is 4. The SMILES string of the molecule is CCOC(C[C@H](NC(=O)[C@H](Cc1ccc(OCc2ccccc2)cc1F)NC(=O)OCC1c2ccccc2-c2ccccc21)c1cccc(F)n1)OCC. The van der Waals surface area contributed by atoms with Gasteiger partial charge in [0, 0.05) is 38.0 Å². The Labute approximate surface area is 313 Å². The summed E-state index contributed by atoms with van der Waals surface area (Å²) in [4.78, 5) is 31.6. The van der Waals surface area contributed by atoms with E-state index in [0.29, 0.717) is 19.0 Å². The zero-order valence-electron chi connectivity index (χ0n) is 30.2. The molecule has 0 unspecified atom stereocenters. The predicted octanol–water partition coefficient (Wildman–Crippen LogP) is 8.04. The minimum atomic E-state index is -1.31. The van der Waals surface area contributed by atoms with E-state index in [4.69, 9.17) is 18.9 Å². The Kier molecular flexibility index (Phi) is 13.0. The summed E-state index contributed by atoms with van der Waals surface area (Å²) in [7, 11) is 0. The van der Waals surface area contributed by atoms with E-state index in [1.165, 1.54) is 24.3 Å². The smallest absolute Gasteiger partial charge is 0.407 e. The van der Waals surface area contributed by atoms with Gasteiger partial charge >= 0.3 is 6.09 Å². The fourth-order valence-electron chi connectivity index (χ4n) is 6.63. The van der Waals surface area contributed by atoms with Gasteiger partial charge in [0.25, 0.3) is 0 Å². The van der Waals surface area contributed by atoms with E-state index >= 15 is 4.39 Å². The summed E-state index contributed by atoms with van der Waals surface area (Å²) in [6.07, 6.45) is -1.75. The van der Waals surface area contributed by atoms with Crippen LogP contribution in [-0.2, 0) is 32.0 Å². The lowest BCUT2D eigenvalue weighted by atomic mass is 9.98. The van der Waals surface area contributed by atoms with Gasteiger partial charge in [0.15, 0.2) is 6.29 Å². The Morgan fingerprint density at radius 2 is 1.44 bits per heavy atom. The summed E-state index contributed by atoms with van der Waals surface area (Å²) in [5.41, 5.74) is 5.49. The van der Waals surface area contributed by atoms with Crippen LogP contribution in [0.3, 0.4) is 0 Å². The number of pyridine rings is 1. The summed E-state index contributed by atoms with van der Waals surface area (Å²) in [5, 5.41) is 5.55. The molecule has 6 rings (SSSR count). The molecule has 1 heterocycles. The van der Waals surface area contributed by atoms with Crippen LogP contribution in [0, 0.1) is 11.8 Å². The predicted molar refractivity (Wildman–Crippen MR) is 200 cm³/mol. The molecule has 0 bridgehead atoms. The van der Waals surface area contributed by atoms with Crippen LogP contribution in [0.2, 0.25) is 0 Å². The Morgan fingerprint density at radius 1 is 0.778 bits per heavy atom. The summed E-state index contributed by atoms with van der Waals surface area (Å²) < 4.78 is 53.0. The molecule has 0 radical (unpaired) electrons. The Hall–Kier alpha value is -5.65. The van der Waals surface area contributed by atoms with Crippen LogP contribution in [0.15, 0.2) is 115 Å². The van der Waals surface area contributed by atoms with Gasteiger partial charge in [-0.3, -0.25) is 4.79 Å². The Morgan fingerprint density at radius 3 is 2.09 bits per heavy atom. The lowest BCUT2D eigenvalue weighted by Gasteiger charge is -2.26. The number of nitrogens with one attached hydrogen (secondary N) is 2. The summed E-state index contributed by atoms with van der Waals surface area (Å²) in [6.45, 7) is 4.53. The number of carbonyl (C=O) groups is 2. The number of fused-ring (bicyclic) bond motifs is 3. The lowest BCUT2D eigenvalue weighted by molar-refractivity contribution is -0.145. The molecule has 1 aromatic heterocycles. The van der Waals surface area contributed by atoms with Gasteiger partial charge in [-0.2, -0.15) is 4.39 Å². The molecule has 2 amide bonds. The topological polar surface area (TPSA) is 108 Å². The first-order chi connectivity index (χ1) is 26.3. The maximum absolute atomic E-state index is 15.6. The number of benzene rings is 4. The summed E-state index contributed by atoms with van der Waals surface area (Å²) in [6, 6.07) is 31.8. The molecule has 1 aliphatic rings. The molecule has 0 saturated carbocycles. The van der Waals surface area contributed by atoms with Crippen LogP contribution in [0.4, 0.5) is 13.6 Å². The number of amides is 2. The Bertz CT molecular complexity index is 1980. The van der Waals surface area contributed by atoms with E-state index in [1.54, 1.807) is 26.0 Å². The van der Waals surface area contributed by atoms with Crippen LogP contribution < -0.4 is 15.4 Å². The average molecular weight is 736 g/mol. The number of alkyl carbamates (subject to hydrolysis) is 1. The van der Waals surface area contributed by atoms with E-state index < -0.39 is 42.1 Å². The molecule has 0 aliphatic heterocycles. The number of carbonyl (C=O) groups excluding carboxylic acids is 2. The van der Waals surface area contributed by atoms with Crippen molar-refractivity contribution in [2.75, 3.05) is 19.8 Å². The third-order valence-electron chi connectivity index (χ3n) is 9.19. The maximum atomic E-state index is 15.6. The minimum Gasteiger partial charge on any atom is -0.489 e. The van der Waals surface area contributed by atoms with Gasteiger partial charge in [-0.05, 0) is 65.4 Å².